The topological polar surface area (TPSA) is 80.7 Å². The lowest BCUT2D eigenvalue weighted by Crippen LogP contribution is -2.26. The van der Waals surface area contributed by atoms with Crippen molar-refractivity contribution < 1.29 is 24.2 Å². The predicted octanol–water partition coefficient (Wildman–Crippen LogP) is 0.229. The van der Waals surface area contributed by atoms with Gasteiger partial charge in [-0.3, -0.25) is 14.4 Å². The second kappa shape index (κ2) is 5.29. The molecule has 13 heavy (non-hydrogen) atoms. The van der Waals surface area contributed by atoms with E-state index in [1.54, 1.807) is 6.92 Å². The quantitative estimate of drug-likeness (QED) is 0.493. The molecule has 0 aliphatic rings. The average molecular weight is 188 g/mol. The summed E-state index contributed by atoms with van der Waals surface area (Å²) >= 11 is 0. The molecule has 0 aliphatic heterocycles. The molecule has 0 aromatic rings. The zero-order chi connectivity index (χ0) is 10.4. The van der Waals surface area contributed by atoms with Crippen molar-refractivity contribution in [2.24, 2.45) is 5.92 Å². The number of aliphatic carboxylic acids is 1. The van der Waals surface area contributed by atoms with E-state index in [0.29, 0.717) is 0 Å². The molecule has 0 saturated carbocycles. The van der Waals surface area contributed by atoms with Crippen molar-refractivity contribution >= 4 is 17.7 Å². The molecule has 0 rings (SSSR count). The summed E-state index contributed by atoms with van der Waals surface area (Å²) in [5.74, 6) is -3.61. The minimum atomic E-state index is -1.19. The fraction of sp³-hybridized carbons (Fsp3) is 0.625. The van der Waals surface area contributed by atoms with Gasteiger partial charge in [0.2, 0.25) is 0 Å². The van der Waals surface area contributed by atoms with Crippen molar-refractivity contribution in [1.82, 2.24) is 0 Å². The number of hydrogen-bond acceptors (Lipinski definition) is 4. The van der Waals surface area contributed by atoms with E-state index in [9.17, 15) is 14.4 Å². The zero-order valence-electron chi connectivity index (χ0n) is 7.57. The Balaban J connectivity index is 4.32. The predicted molar refractivity (Wildman–Crippen MR) is 43.1 cm³/mol. The molecule has 1 N–H and O–H groups in total. The van der Waals surface area contributed by atoms with E-state index < -0.39 is 30.1 Å². The Morgan fingerprint density at radius 1 is 1.38 bits per heavy atom. The Hall–Kier alpha value is -1.39. The van der Waals surface area contributed by atoms with Crippen LogP contribution in [0.15, 0.2) is 0 Å². The summed E-state index contributed by atoms with van der Waals surface area (Å²) in [7, 11) is 0. The first-order chi connectivity index (χ1) is 5.99. The fourth-order valence-corrected chi connectivity index (χ4v) is 0.810. The van der Waals surface area contributed by atoms with Gasteiger partial charge in [0, 0.05) is 0 Å². The van der Waals surface area contributed by atoms with E-state index in [0.717, 1.165) is 0 Å². The molecule has 0 heterocycles. The molecule has 5 nitrogen and oxygen atoms in total. The highest BCUT2D eigenvalue weighted by atomic mass is 16.5. The van der Waals surface area contributed by atoms with Crippen molar-refractivity contribution in [2.75, 3.05) is 6.61 Å². The molecule has 0 saturated heterocycles. The van der Waals surface area contributed by atoms with Crippen LogP contribution < -0.4 is 0 Å². The van der Waals surface area contributed by atoms with E-state index in [1.807, 2.05) is 0 Å². The van der Waals surface area contributed by atoms with Gasteiger partial charge in [0.05, 0.1) is 13.0 Å². The molecule has 1 atom stereocenters. The Morgan fingerprint density at radius 2 is 1.92 bits per heavy atom. The number of carbonyl (C=O) groups excluding carboxylic acids is 2. The summed E-state index contributed by atoms with van der Waals surface area (Å²) in [6, 6.07) is 0. The Labute approximate surface area is 75.7 Å². The third-order valence-corrected chi connectivity index (χ3v) is 1.44. The normalized spacial score (nSPS) is 11.8. The summed E-state index contributed by atoms with van der Waals surface area (Å²) in [6.07, 6.45) is -0.506. The minimum absolute atomic E-state index is 0.141. The molecule has 74 valence electrons. The van der Waals surface area contributed by atoms with Crippen molar-refractivity contribution in [3.05, 3.63) is 0 Å². The number of ketones is 1. The molecule has 0 bridgehead atoms. The second-order valence-electron chi connectivity index (χ2n) is 2.51. The van der Waals surface area contributed by atoms with Crippen LogP contribution in [-0.2, 0) is 19.1 Å². The SMILES string of the molecule is CCOC(=O)[C@@H](CC(=O)O)C(C)=O. The molecule has 0 aromatic carbocycles. The van der Waals surface area contributed by atoms with Crippen LogP contribution >= 0.6 is 0 Å². The highest BCUT2D eigenvalue weighted by molar-refractivity contribution is 6.00. The molecule has 0 spiro atoms. The van der Waals surface area contributed by atoms with E-state index in [4.69, 9.17) is 5.11 Å². The van der Waals surface area contributed by atoms with Crippen LogP contribution in [0, 0.1) is 5.92 Å². The smallest absolute Gasteiger partial charge is 0.317 e. The lowest BCUT2D eigenvalue weighted by molar-refractivity contribution is -0.155. The number of hydrogen-bond donors (Lipinski definition) is 1. The maximum Gasteiger partial charge on any atom is 0.317 e. The second-order valence-corrected chi connectivity index (χ2v) is 2.51. The molecule has 0 radical (unpaired) electrons. The maximum absolute atomic E-state index is 11.0. The summed E-state index contributed by atoms with van der Waals surface area (Å²) < 4.78 is 4.54. The monoisotopic (exact) mass is 188 g/mol. The van der Waals surface area contributed by atoms with Gasteiger partial charge in [-0.15, -0.1) is 0 Å². The van der Waals surface area contributed by atoms with Gasteiger partial charge in [0.15, 0.2) is 0 Å². The van der Waals surface area contributed by atoms with Gasteiger partial charge in [0.1, 0.15) is 11.7 Å². The Morgan fingerprint density at radius 3 is 2.23 bits per heavy atom. The van der Waals surface area contributed by atoms with E-state index in [1.165, 1.54) is 6.92 Å². The summed E-state index contributed by atoms with van der Waals surface area (Å²) in [6.45, 7) is 2.91. The van der Waals surface area contributed by atoms with Crippen molar-refractivity contribution in [2.45, 2.75) is 20.3 Å². The van der Waals surface area contributed by atoms with E-state index in [-0.39, 0.29) is 6.61 Å². The number of carboxylic acids is 1. The van der Waals surface area contributed by atoms with Crippen LogP contribution in [0.4, 0.5) is 0 Å². The van der Waals surface area contributed by atoms with Gasteiger partial charge in [0.25, 0.3) is 0 Å². The summed E-state index contributed by atoms with van der Waals surface area (Å²) in [5.41, 5.74) is 0. The Bertz CT molecular complexity index is 221. The lowest BCUT2D eigenvalue weighted by Gasteiger charge is -2.09. The number of rotatable bonds is 5. The first kappa shape index (κ1) is 11.6. The van der Waals surface area contributed by atoms with Crippen LogP contribution in [-0.4, -0.2) is 29.4 Å². The number of Topliss-reactive ketones (excluding diaryl/α,β-unsaturated/α-hetero) is 1. The number of ether oxygens (including phenoxy) is 1. The van der Waals surface area contributed by atoms with Gasteiger partial charge < -0.3 is 9.84 Å². The highest BCUT2D eigenvalue weighted by Crippen LogP contribution is 2.07. The molecule has 0 aliphatic carbocycles. The number of carboxylic acid groups (broad SMARTS) is 1. The van der Waals surface area contributed by atoms with Crippen LogP contribution in [0.2, 0.25) is 0 Å². The molecule has 0 fully saturated rings. The van der Waals surface area contributed by atoms with Crippen molar-refractivity contribution in [1.29, 1.82) is 0 Å². The molecule has 0 amide bonds. The average Bonchev–Trinajstić information content (AvgIpc) is 1.99. The van der Waals surface area contributed by atoms with Gasteiger partial charge in [-0.2, -0.15) is 0 Å². The molecular weight excluding hydrogens is 176 g/mol. The molecule has 0 unspecified atom stereocenters. The maximum atomic E-state index is 11.0. The standard InChI is InChI=1S/C8H12O5/c1-3-13-8(12)6(5(2)9)4-7(10)11/h6H,3-4H2,1-2H3,(H,10,11)/t6-/m0/s1. The van der Waals surface area contributed by atoms with Crippen LogP contribution in [0.1, 0.15) is 20.3 Å². The summed E-state index contributed by atoms with van der Waals surface area (Å²) in [4.78, 5) is 32.1. The third-order valence-electron chi connectivity index (χ3n) is 1.44. The molecule has 5 heteroatoms. The van der Waals surface area contributed by atoms with Gasteiger partial charge in [-0.25, -0.2) is 0 Å². The number of carbonyl (C=O) groups is 3. The first-order valence-electron chi connectivity index (χ1n) is 3.88. The van der Waals surface area contributed by atoms with Gasteiger partial charge >= 0.3 is 11.9 Å². The third kappa shape index (κ3) is 4.25. The van der Waals surface area contributed by atoms with Crippen LogP contribution in [0.5, 0.6) is 0 Å². The Kier molecular flexibility index (Phi) is 4.72. The van der Waals surface area contributed by atoms with Crippen molar-refractivity contribution in [3.8, 4) is 0 Å². The molecule has 0 aromatic heterocycles. The van der Waals surface area contributed by atoms with E-state index in [2.05, 4.69) is 4.74 Å². The van der Waals surface area contributed by atoms with Crippen LogP contribution in [0.25, 0.3) is 0 Å². The first-order valence-corrected chi connectivity index (χ1v) is 3.88. The molecular formula is C8H12O5. The van der Waals surface area contributed by atoms with Gasteiger partial charge in [-0.1, -0.05) is 0 Å². The zero-order valence-corrected chi connectivity index (χ0v) is 7.57. The van der Waals surface area contributed by atoms with E-state index >= 15 is 0 Å². The lowest BCUT2D eigenvalue weighted by atomic mass is 10.0. The van der Waals surface area contributed by atoms with Crippen molar-refractivity contribution in [3.63, 3.8) is 0 Å². The summed E-state index contributed by atoms with van der Waals surface area (Å²) in [5, 5.41) is 8.39. The number of esters is 1. The minimum Gasteiger partial charge on any atom is -0.481 e. The fourth-order valence-electron chi connectivity index (χ4n) is 0.810. The van der Waals surface area contributed by atoms with Gasteiger partial charge in [-0.05, 0) is 13.8 Å². The van der Waals surface area contributed by atoms with Crippen LogP contribution in [0.3, 0.4) is 0 Å². The highest BCUT2D eigenvalue weighted by Gasteiger charge is 2.27. The largest absolute Gasteiger partial charge is 0.481 e.